The standard InChI is InChI=1S/C26H38O4/c1-16(27)30-19-7-9-23(2)17(13-19)5-6-20-21(23)8-10-24(3)22(20)14-18-15-26(18,24)25(4)28-11-12-29-25/h5,18-22H,6-15H2,1-4H3. The Bertz CT molecular complexity index is 797. The highest BCUT2D eigenvalue weighted by Gasteiger charge is 2.81. The molecule has 0 bridgehead atoms. The lowest BCUT2D eigenvalue weighted by Crippen LogP contribution is -2.55. The second-order valence-corrected chi connectivity index (χ2v) is 11.9. The summed E-state index contributed by atoms with van der Waals surface area (Å²) in [5.74, 6) is 2.65. The zero-order valence-electron chi connectivity index (χ0n) is 19.2. The van der Waals surface area contributed by atoms with E-state index >= 15 is 0 Å². The van der Waals surface area contributed by atoms with Gasteiger partial charge in [-0.05, 0) is 86.4 Å². The number of carbonyl (C=O) groups is 1. The molecule has 6 aliphatic rings. The van der Waals surface area contributed by atoms with Gasteiger partial charge < -0.3 is 14.2 Å². The average Bonchev–Trinajstić information content (AvgIpc) is 3.18. The van der Waals surface area contributed by atoms with Crippen molar-refractivity contribution in [3.05, 3.63) is 11.6 Å². The van der Waals surface area contributed by atoms with Gasteiger partial charge in [-0.1, -0.05) is 25.5 Å². The van der Waals surface area contributed by atoms with E-state index in [0.717, 1.165) is 49.7 Å². The van der Waals surface area contributed by atoms with E-state index in [2.05, 4.69) is 26.8 Å². The van der Waals surface area contributed by atoms with Crippen molar-refractivity contribution in [2.75, 3.05) is 13.2 Å². The summed E-state index contributed by atoms with van der Waals surface area (Å²) in [5, 5.41) is 0. The molecule has 0 aromatic carbocycles. The highest BCUT2D eigenvalue weighted by atomic mass is 16.7. The smallest absolute Gasteiger partial charge is 0.302 e. The van der Waals surface area contributed by atoms with Crippen LogP contribution in [0.15, 0.2) is 11.6 Å². The Morgan fingerprint density at radius 3 is 2.60 bits per heavy atom. The third-order valence-electron chi connectivity index (χ3n) is 11.1. The zero-order chi connectivity index (χ0) is 20.9. The highest BCUT2D eigenvalue weighted by Crippen LogP contribution is 2.83. The van der Waals surface area contributed by atoms with E-state index < -0.39 is 0 Å². The molecule has 0 spiro atoms. The summed E-state index contributed by atoms with van der Waals surface area (Å²) in [6, 6.07) is 0. The Labute approximate surface area is 181 Å². The summed E-state index contributed by atoms with van der Waals surface area (Å²) in [4.78, 5) is 11.5. The van der Waals surface area contributed by atoms with Crippen LogP contribution in [0.2, 0.25) is 0 Å². The van der Waals surface area contributed by atoms with Gasteiger partial charge in [0.05, 0.1) is 13.2 Å². The molecule has 8 atom stereocenters. The van der Waals surface area contributed by atoms with E-state index in [0.29, 0.717) is 10.8 Å². The molecule has 8 unspecified atom stereocenters. The van der Waals surface area contributed by atoms with Crippen LogP contribution in [-0.4, -0.2) is 31.1 Å². The molecule has 1 heterocycles. The van der Waals surface area contributed by atoms with E-state index in [1.807, 2.05) is 0 Å². The molecule has 5 aliphatic carbocycles. The number of rotatable bonds is 2. The summed E-state index contributed by atoms with van der Waals surface area (Å²) in [6.45, 7) is 10.4. The molecule has 0 amide bonds. The van der Waals surface area contributed by atoms with Crippen molar-refractivity contribution >= 4 is 5.97 Å². The van der Waals surface area contributed by atoms with Crippen LogP contribution in [0.25, 0.3) is 0 Å². The van der Waals surface area contributed by atoms with Crippen molar-refractivity contribution in [1.29, 1.82) is 0 Å². The first kappa shape index (κ1) is 19.8. The Hall–Kier alpha value is -0.870. The number of hydrogen-bond donors (Lipinski definition) is 0. The lowest BCUT2D eigenvalue weighted by molar-refractivity contribution is -0.235. The van der Waals surface area contributed by atoms with Gasteiger partial charge in [0.1, 0.15) is 6.10 Å². The largest absolute Gasteiger partial charge is 0.462 e. The summed E-state index contributed by atoms with van der Waals surface area (Å²) in [7, 11) is 0. The van der Waals surface area contributed by atoms with Crippen molar-refractivity contribution in [2.24, 2.45) is 39.9 Å². The fourth-order valence-corrected chi connectivity index (χ4v) is 9.74. The van der Waals surface area contributed by atoms with E-state index in [4.69, 9.17) is 14.2 Å². The van der Waals surface area contributed by atoms with Crippen molar-refractivity contribution < 1.29 is 19.0 Å². The quantitative estimate of drug-likeness (QED) is 0.457. The molecule has 0 aromatic rings. The van der Waals surface area contributed by atoms with Crippen molar-refractivity contribution in [2.45, 2.75) is 91.0 Å². The van der Waals surface area contributed by atoms with E-state index in [1.165, 1.54) is 38.5 Å². The maximum Gasteiger partial charge on any atom is 0.302 e. The Morgan fingerprint density at radius 2 is 1.87 bits per heavy atom. The molecular weight excluding hydrogens is 376 g/mol. The van der Waals surface area contributed by atoms with E-state index in [1.54, 1.807) is 12.5 Å². The van der Waals surface area contributed by atoms with Gasteiger partial charge in [0, 0.05) is 18.8 Å². The third kappa shape index (κ3) is 2.28. The van der Waals surface area contributed by atoms with Crippen LogP contribution in [0.3, 0.4) is 0 Å². The van der Waals surface area contributed by atoms with E-state index in [9.17, 15) is 4.79 Å². The van der Waals surface area contributed by atoms with Gasteiger partial charge >= 0.3 is 5.97 Å². The SMILES string of the molecule is CC(=O)OC1CCC2(C)C(=CCC3C2CCC2(C)C3CC3CC32C2(C)OCCO2)C1. The monoisotopic (exact) mass is 414 g/mol. The summed E-state index contributed by atoms with van der Waals surface area (Å²) in [5.41, 5.74) is 2.46. The van der Waals surface area contributed by atoms with Gasteiger partial charge in [0.2, 0.25) is 0 Å². The molecule has 4 heteroatoms. The molecule has 0 radical (unpaired) electrons. The minimum Gasteiger partial charge on any atom is -0.462 e. The van der Waals surface area contributed by atoms with Crippen molar-refractivity contribution in [3.8, 4) is 0 Å². The van der Waals surface area contributed by atoms with Crippen LogP contribution in [0.1, 0.15) is 79.1 Å². The van der Waals surface area contributed by atoms with Gasteiger partial charge in [-0.2, -0.15) is 0 Å². The van der Waals surface area contributed by atoms with Crippen LogP contribution in [-0.2, 0) is 19.0 Å². The molecule has 5 fully saturated rings. The lowest BCUT2D eigenvalue weighted by Gasteiger charge is -2.60. The van der Waals surface area contributed by atoms with Gasteiger partial charge in [-0.25, -0.2) is 0 Å². The van der Waals surface area contributed by atoms with Gasteiger partial charge in [0.15, 0.2) is 5.79 Å². The second-order valence-electron chi connectivity index (χ2n) is 11.9. The highest BCUT2D eigenvalue weighted by molar-refractivity contribution is 5.66. The third-order valence-corrected chi connectivity index (χ3v) is 11.1. The summed E-state index contributed by atoms with van der Waals surface area (Å²) < 4.78 is 18.2. The predicted molar refractivity (Wildman–Crippen MR) is 113 cm³/mol. The molecule has 0 N–H and O–H groups in total. The first-order valence-electron chi connectivity index (χ1n) is 12.4. The number of fused-ring (bicyclic) bond motifs is 7. The van der Waals surface area contributed by atoms with Crippen LogP contribution in [0.4, 0.5) is 0 Å². The Morgan fingerprint density at radius 1 is 1.10 bits per heavy atom. The normalized spacial score (nSPS) is 53.1. The number of ether oxygens (including phenoxy) is 3. The maximum absolute atomic E-state index is 11.5. The fourth-order valence-electron chi connectivity index (χ4n) is 9.74. The molecule has 0 aromatic heterocycles. The fraction of sp³-hybridized carbons (Fsp3) is 0.885. The van der Waals surface area contributed by atoms with Crippen LogP contribution in [0.5, 0.6) is 0 Å². The first-order valence-corrected chi connectivity index (χ1v) is 12.4. The first-order chi connectivity index (χ1) is 14.2. The molecule has 1 aliphatic heterocycles. The summed E-state index contributed by atoms with van der Waals surface area (Å²) >= 11 is 0. The van der Waals surface area contributed by atoms with Gasteiger partial charge in [-0.15, -0.1) is 0 Å². The maximum atomic E-state index is 11.5. The Kier molecular flexibility index (Phi) is 4.04. The predicted octanol–water partition coefficient (Wildman–Crippen LogP) is 5.26. The topological polar surface area (TPSA) is 44.8 Å². The number of carbonyl (C=O) groups excluding carboxylic acids is 1. The summed E-state index contributed by atoms with van der Waals surface area (Å²) in [6.07, 6.45) is 12.3. The Balaban J connectivity index is 1.29. The molecule has 30 heavy (non-hydrogen) atoms. The molecule has 4 nitrogen and oxygen atoms in total. The molecule has 166 valence electrons. The zero-order valence-corrected chi connectivity index (χ0v) is 19.2. The van der Waals surface area contributed by atoms with Gasteiger partial charge in [-0.3, -0.25) is 4.79 Å². The van der Waals surface area contributed by atoms with Crippen LogP contribution in [0, 0.1) is 39.9 Å². The van der Waals surface area contributed by atoms with Crippen molar-refractivity contribution in [3.63, 3.8) is 0 Å². The van der Waals surface area contributed by atoms with Crippen LogP contribution >= 0.6 is 0 Å². The lowest BCUT2D eigenvalue weighted by atomic mass is 9.46. The second kappa shape index (κ2) is 6.13. The molecule has 6 rings (SSSR count). The minimum absolute atomic E-state index is 0.0891. The number of hydrogen-bond acceptors (Lipinski definition) is 4. The molecular formula is C26H38O4. The molecule has 4 saturated carbocycles. The molecule has 1 saturated heterocycles. The van der Waals surface area contributed by atoms with E-state index in [-0.39, 0.29) is 23.3 Å². The van der Waals surface area contributed by atoms with Gasteiger partial charge in [0.25, 0.3) is 0 Å². The van der Waals surface area contributed by atoms with Crippen LogP contribution < -0.4 is 0 Å². The minimum atomic E-state index is -0.365. The average molecular weight is 415 g/mol. The number of allylic oxidation sites excluding steroid dienone is 1. The number of esters is 1. The van der Waals surface area contributed by atoms with Crippen molar-refractivity contribution in [1.82, 2.24) is 0 Å².